The number of allylic oxidation sites excluding steroid dienone is 3. The van der Waals surface area contributed by atoms with Crippen molar-refractivity contribution in [2.75, 3.05) is 19.8 Å². The molecule has 9 N–H and O–H groups in total. The van der Waals surface area contributed by atoms with Crippen molar-refractivity contribution in [3.05, 3.63) is 24.3 Å². The van der Waals surface area contributed by atoms with Crippen LogP contribution in [0.25, 0.3) is 0 Å². The van der Waals surface area contributed by atoms with E-state index in [1.165, 1.54) is 283 Å². The standard InChI is InChI=1S/C74H141NO13/c1-3-5-7-9-11-13-15-17-19-21-22-23-24-25-26-27-28-29-30-31-32-33-34-35-36-37-38-39-40-42-44-46-48-50-52-54-56-58-66(79)75-62(63(78)57-55-53-51-49-47-45-43-41-20-18-16-14-12-10-8-6-4-2)61-85-73-71(84)69(82)72(65(60-77)87-73)88-74-70(83)68(81)67(80)64(59-76)86-74/h47,49,55,57,62-65,67-74,76-78,80-84H,3-46,48,50-54,56,58-61H2,1-2H3,(H,75,79)/b49-47+,57-55+. The molecular weight excluding hydrogens is 1110 g/mol. The van der Waals surface area contributed by atoms with Gasteiger partial charge in [0.2, 0.25) is 5.91 Å². The predicted octanol–water partition coefficient (Wildman–Crippen LogP) is 15.9. The quantitative estimate of drug-likeness (QED) is 0.0204. The van der Waals surface area contributed by atoms with Crippen molar-refractivity contribution < 1.29 is 64.6 Å². The Balaban J connectivity index is 1.58. The van der Waals surface area contributed by atoms with Gasteiger partial charge >= 0.3 is 0 Å². The van der Waals surface area contributed by atoms with Crippen LogP contribution in [0.3, 0.4) is 0 Å². The van der Waals surface area contributed by atoms with Crippen LogP contribution in [0.5, 0.6) is 0 Å². The van der Waals surface area contributed by atoms with Crippen molar-refractivity contribution in [3.8, 4) is 0 Å². The van der Waals surface area contributed by atoms with E-state index in [2.05, 4.69) is 31.3 Å². The lowest BCUT2D eigenvalue weighted by atomic mass is 9.97. The Morgan fingerprint density at radius 1 is 0.398 bits per heavy atom. The summed E-state index contributed by atoms with van der Waals surface area (Å²) in [7, 11) is 0. The maximum atomic E-state index is 13.3. The van der Waals surface area contributed by atoms with Gasteiger partial charge in [0.1, 0.15) is 48.8 Å². The van der Waals surface area contributed by atoms with E-state index in [4.69, 9.17) is 18.9 Å². The fourth-order valence-electron chi connectivity index (χ4n) is 12.7. The third-order valence-corrected chi connectivity index (χ3v) is 18.6. The average Bonchev–Trinajstić information content (AvgIpc) is 1.73. The number of aliphatic hydroxyl groups excluding tert-OH is 8. The van der Waals surface area contributed by atoms with Gasteiger partial charge in [0.05, 0.1) is 32.0 Å². The van der Waals surface area contributed by atoms with Crippen LogP contribution in [-0.4, -0.2) is 140 Å². The number of rotatable bonds is 63. The van der Waals surface area contributed by atoms with Crippen LogP contribution in [0, 0.1) is 0 Å². The topological polar surface area (TPSA) is 228 Å². The van der Waals surface area contributed by atoms with Crippen LogP contribution in [0.15, 0.2) is 24.3 Å². The van der Waals surface area contributed by atoms with Crippen LogP contribution in [0.1, 0.15) is 348 Å². The molecule has 2 saturated heterocycles. The zero-order valence-corrected chi connectivity index (χ0v) is 56.7. The normalized spacial score (nSPS) is 23.2. The number of nitrogens with one attached hydrogen (secondary N) is 1. The molecule has 14 heteroatoms. The van der Waals surface area contributed by atoms with E-state index >= 15 is 0 Å². The molecule has 0 aromatic heterocycles. The molecule has 0 radical (unpaired) electrons. The summed E-state index contributed by atoms with van der Waals surface area (Å²) in [6.07, 6.45) is 58.5. The van der Waals surface area contributed by atoms with E-state index in [1.54, 1.807) is 6.08 Å². The molecule has 0 spiro atoms. The van der Waals surface area contributed by atoms with Gasteiger partial charge in [-0.1, -0.05) is 334 Å². The molecule has 2 rings (SSSR count). The Morgan fingerprint density at radius 2 is 0.727 bits per heavy atom. The Bertz CT molecular complexity index is 1570. The van der Waals surface area contributed by atoms with Gasteiger partial charge in [0.15, 0.2) is 12.6 Å². The zero-order valence-electron chi connectivity index (χ0n) is 56.7. The van der Waals surface area contributed by atoms with Gasteiger partial charge in [0.25, 0.3) is 0 Å². The first-order valence-electron chi connectivity index (χ1n) is 37.6. The second-order valence-corrected chi connectivity index (χ2v) is 26.8. The lowest BCUT2D eigenvalue weighted by molar-refractivity contribution is -0.359. The Hall–Kier alpha value is -1.53. The number of aliphatic hydroxyl groups is 8. The molecule has 0 bridgehead atoms. The molecule has 520 valence electrons. The lowest BCUT2D eigenvalue weighted by Gasteiger charge is -2.46. The van der Waals surface area contributed by atoms with Crippen LogP contribution < -0.4 is 5.32 Å². The van der Waals surface area contributed by atoms with Crippen LogP contribution in [0.2, 0.25) is 0 Å². The van der Waals surface area contributed by atoms with Crippen LogP contribution in [0.4, 0.5) is 0 Å². The highest BCUT2D eigenvalue weighted by molar-refractivity contribution is 5.76. The second-order valence-electron chi connectivity index (χ2n) is 26.8. The van der Waals surface area contributed by atoms with E-state index < -0.39 is 86.8 Å². The monoisotopic (exact) mass is 1250 g/mol. The highest BCUT2D eigenvalue weighted by Gasteiger charge is 2.51. The molecule has 12 atom stereocenters. The average molecular weight is 1250 g/mol. The molecule has 2 fully saturated rings. The highest BCUT2D eigenvalue weighted by atomic mass is 16.7. The minimum Gasteiger partial charge on any atom is -0.394 e. The Morgan fingerprint density at radius 3 is 1.11 bits per heavy atom. The van der Waals surface area contributed by atoms with E-state index in [1.807, 2.05) is 6.08 Å². The summed E-state index contributed by atoms with van der Waals surface area (Å²) >= 11 is 0. The van der Waals surface area contributed by atoms with Gasteiger partial charge in [-0.15, -0.1) is 0 Å². The summed E-state index contributed by atoms with van der Waals surface area (Å²) in [5, 5.41) is 87.4. The first-order valence-corrected chi connectivity index (χ1v) is 37.6. The highest BCUT2D eigenvalue weighted by Crippen LogP contribution is 2.30. The van der Waals surface area contributed by atoms with E-state index in [9.17, 15) is 45.6 Å². The number of carbonyl (C=O) groups is 1. The van der Waals surface area contributed by atoms with Gasteiger partial charge < -0.3 is 65.1 Å². The maximum absolute atomic E-state index is 13.3. The maximum Gasteiger partial charge on any atom is 0.220 e. The fraction of sp³-hybridized carbons (Fsp3) is 0.932. The number of hydrogen-bond donors (Lipinski definition) is 9. The largest absolute Gasteiger partial charge is 0.394 e. The molecule has 12 unspecified atom stereocenters. The van der Waals surface area contributed by atoms with Gasteiger partial charge in [-0.3, -0.25) is 4.79 Å². The third-order valence-electron chi connectivity index (χ3n) is 18.6. The van der Waals surface area contributed by atoms with E-state index in [0.29, 0.717) is 12.8 Å². The molecule has 2 aliphatic rings. The molecule has 14 nitrogen and oxygen atoms in total. The van der Waals surface area contributed by atoms with Crippen molar-refractivity contribution in [2.45, 2.75) is 421 Å². The first kappa shape index (κ1) is 82.6. The van der Waals surface area contributed by atoms with Gasteiger partial charge in [-0.25, -0.2) is 0 Å². The van der Waals surface area contributed by atoms with Crippen molar-refractivity contribution in [1.29, 1.82) is 0 Å². The zero-order chi connectivity index (χ0) is 63.8. The van der Waals surface area contributed by atoms with Crippen LogP contribution >= 0.6 is 0 Å². The number of unbranched alkanes of at least 4 members (excludes halogenated alkanes) is 48. The predicted molar refractivity (Wildman–Crippen MR) is 360 cm³/mol. The van der Waals surface area contributed by atoms with E-state index in [0.717, 1.165) is 32.1 Å². The summed E-state index contributed by atoms with van der Waals surface area (Å²) in [6, 6.07) is -0.929. The van der Waals surface area contributed by atoms with Gasteiger partial charge in [-0.05, 0) is 32.1 Å². The third kappa shape index (κ3) is 42.6. The van der Waals surface area contributed by atoms with Gasteiger partial charge in [0, 0.05) is 6.42 Å². The number of carbonyl (C=O) groups excluding carboxylic acids is 1. The fourth-order valence-corrected chi connectivity index (χ4v) is 12.7. The molecule has 2 aliphatic heterocycles. The van der Waals surface area contributed by atoms with Crippen molar-refractivity contribution in [3.63, 3.8) is 0 Å². The minimum atomic E-state index is -1.79. The number of amides is 1. The van der Waals surface area contributed by atoms with Crippen molar-refractivity contribution in [2.24, 2.45) is 0 Å². The molecule has 88 heavy (non-hydrogen) atoms. The number of hydrogen-bond acceptors (Lipinski definition) is 13. The van der Waals surface area contributed by atoms with E-state index in [-0.39, 0.29) is 18.9 Å². The molecular formula is C74H141NO13. The first-order chi connectivity index (χ1) is 43.1. The molecule has 0 aliphatic carbocycles. The molecule has 0 aromatic carbocycles. The second kappa shape index (κ2) is 59.2. The summed E-state index contributed by atoms with van der Waals surface area (Å²) < 4.78 is 22.8. The molecule has 0 aromatic rings. The summed E-state index contributed by atoms with van der Waals surface area (Å²) in [5.41, 5.74) is 0. The summed E-state index contributed by atoms with van der Waals surface area (Å²) in [5.74, 6) is -0.242. The van der Waals surface area contributed by atoms with Crippen molar-refractivity contribution >= 4 is 5.91 Å². The lowest BCUT2D eigenvalue weighted by Crippen LogP contribution is -2.65. The molecule has 0 saturated carbocycles. The Kier molecular flexibility index (Phi) is 55.6. The summed E-state index contributed by atoms with van der Waals surface area (Å²) in [4.78, 5) is 13.3. The smallest absolute Gasteiger partial charge is 0.220 e. The molecule has 2 heterocycles. The minimum absolute atomic E-state index is 0.242. The van der Waals surface area contributed by atoms with Crippen molar-refractivity contribution in [1.82, 2.24) is 5.32 Å². The van der Waals surface area contributed by atoms with Gasteiger partial charge in [-0.2, -0.15) is 0 Å². The Labute approximate surface area is 539 Å². The summed E-state index contributed by atoms with van der Waals surface area (Å²) in [6.45, 7) is 2.83. The van der Waals surface area contributed by atoms with Crippen LogP contribution in [-0.2, 0) is 23.7 Å². The molecule has 1 amide bonds. The SMILES string of the molecule is CCCCCCCCCCCCC/C=C/CC/C=C/C(O)C(COC1OC(CO)C(OC2OC(CO)C(O)C(O)C2O)C(O)C1O)NC(=O)CCCCCCCCCCCCCCCCCCCCCCCCCCCCCCCCCCCCCCC. The number of ether oxygens (including phenoxy) is 4.